The number of likely N-dealkylation sites (tertiary alicyclic amines) is 1. The smallest absolute Gasteiger partial charge is 0.238 e. The van der Waals surface area contributed by atoms with Crippen molar-refractivity contribution in [3.8, 4) is 0 Å². The SMILES string of the molecule is CC(C)(C)NC(=O)C1(C(=O)N2CCCCCC2)CC1. The Balaban J connectivity index is 2.02. The summed E-state index contributed by atoms with van der Waals surface area (Å²) in [4.78, 5) is 26.9. The first kappa shape index (κ1) is 14.4. The Hall–Kier alpha value is -1.06. The lowest BCUT2D eigenvalue weighted by molar-refractivity contribution is -0.144. The van der Waals surface area contributed by atoms with Crippen LogP contribution >= 0.6 is 0 Å². The minimum Gasteiger partial charge on any atom is -0.351 e. The van der Waals surface area contributed by atoms with Crippen LogP contribution in [0.1, 0.15) is 59.3 Å². The third kappa shape index (κ3) is 3.28. The van der Waals surface area contributed by atoms with Crippen LogP contribution in [0, 0.1) is 5.41 Å². The van der Waals surface area contributed by atoms with E-state index in [-0.39, 0.29) is 17.4 Å². The minimum absolute atomic E-state index is 0.0659. The highest BCUT2D eigenvalue weighted by molar-refractivity contribution is 6.08. The average Bonchev–Trinajstić information content (AvgIpc) is 3.12. The van der Waals surface area contributed by atoms with Gasteiger partial charge in [0.2, 0.25) is 11.8 Å². The van der Waals surface area contributed by atoms with Gasteiger partial charge < -0.3 is 10.2 Å². The van der Waals surface area contributed by atoms with E-state index in [1.165, 1.54) is 12.8 Å². The van der Waals surface area contributed by atoms with Gasteiger partial charge in [0.15, 0.2) is 0 Å². The number of nitrogens with one attached hydrogen (secondary N) is 1. The van der Waals surface area contributed by atoms with Gasteiger partial charge >= 0.3 is 0 Å². The highest BCUT2D eigenvalue weighted by Crippen LogP contribution is 2.48. The van der Waals surface area contributed by atoms with Crippen molar-refractivity contribution in [1.82, 2.24) is 10.2 Å². The van der Waals surface area contributed by atoms with Crippen molar-refractivity contribution < 1.29 is 9.59 Å². The molecule has 1 aliphatic heterocycles. The van der Waals surface area contributed by atoms with E-state index in [0.717, 1.165) is 25.9 Å². The molecule has 1 N–H and O–H groups in total. The maximum Gasteiger partial charge on any atom is 0.238 e. The molecule has 1 saturated heterocycles. The van der Waals surface area contributed by atoms with Crippen LogP contribution in [0.15, 0.2) is 0 Å². The summed E-state index contributed by atoms with van der Waals surface area (Å²) >= 11 is 0. The molecule has 4 nitrogen and oxygen atoms in total. The summed E-state index contributed by atoms with van der Waals surface area (Å²) in [6.45, 7) is 7.51. The third-order valence-corrected chi connectivity index (χ3v) is 3.98. The van der Waals surface area contributed by atoms with Crippen molar-refractivity contribution >= 4 is 11.8 Å². The number of hydrogen-bond donors (Lipinski definition) is 1. The Morgan fingerprint density at radius 1 is 1.00 bits per heavy atom. The van der Waals surface area contributed by atoms with E-state index in [2.05, 4.69) is 5.32 Å². The molecule has 19 heavy (non-hydrogen) atoms. The molecule has 2 aliphatic rings. The highest BCUT2D eigenvalue weighted by atomic mass is 16.2. The largest absolute Gasteiger partial charge is 0.351 e. The molecule has 1 aliphatic carbocycles. The van der Waals surface area contributed by atoms with E-state index in [9.17, 15) is 9.59 Å². The molecule has 4 heteroatoms. The molecule has 0 spiro atoms. The predicted octanol–water partition coefficient (Wildman–Crippen LogP) is 2.08. The quantitative estimate of drug-likeness (QED) is 0.778. The van der Waals surface area contributed by atoms with Gasteiger partial charge in [-0.2, -0.15) is 0 Å². The van der Waals surface area contributed by atoms with Crippen molar-refractivity contribution in [3.63, 3.8) is 0 Å². The molecule has 0 aromatic carbocycles. The number of carbonyl (C=O) groups is 2. The van der Waals surface area contributed by atoms with E-state index >= 15 is 0 Å². The standard InChI is InChI=1S/C15H26N2O2/c1-14(2,3)16-12(18)15(8-9-15)13(19)17-10-6-4-5-7-11-17/h4-11H2,1-3H3,(H,16,18). The molecule has 0 unspecified atom stereocenters. The highest BCUT2D eigenvalue weighted by Gasteiger charge is 2.58. The Morgan fingerprint density at radius 2 is 1.53 bits per heavy atom. The number of hydrogen-bond acceptors (Lipinski definition) is 2. The molecule has 0 aromatic heterocycles. The Labute approximate surface area is 115 Å². The first-order chi connectivity index (χ1) is 8.85. The lowest BCUT2D eigenvalue weighted by Crippen LogP contribution is -2.50. The van der Waals surface area contributed by atoms with Gasteiger partial charge in [-0.15, -0.1) is 0 Å². The van der Waals surface area contributed by atoms with Gasteiger partial charge in [-0.3, -0.25) is 9.59 Å². The molecule has 2 amide bonds. The molecule has 2 rings (SSSR count). The van der Waals surface area contributed by atoms with Gasteiger partial charge in [-0.25, -0.2) is 0 Å². The Bertz CT molecular complexity index is 359. The second-order valence-electron chi connectivity index (χ2n) is 6.99. The average molecular weight is 266 g/mol. The molecule has 0 bridgehead atoms. The van der Waals surface area contributed by atoms with Crippen LogP contribution in [0.3, 0.4) is 0 Å². The fraction of sp³-hybridized carbons (Fsp3) is 0.867. The first-order valence-electron chi connectivity index (χ1n) is 7.47. The molecule has 0 aromatic rings. The summed E-state index contributed by atoms with van der Waals surface area (Å²) < 4.78 is 0. The van der Waals surface area contributed by atoms with Gasteiger partial charge in [-0.1, -0.05) is 12.8 Å². The second-order valence-corrected chi connectivity index (χ2v) is 6.99. The molecular formula is C15H26N2O2. The number of nitrogens with zero attached hydrogens (tertiary/aromatic N) is 1. The zero-order valence-corrected chi connectivity index (χ0v) is 12.4. The van der Waals surface area contributed by atoms with Crippen molar-refractivity contribution in [2.24, 2.45) is 5.41 Å². The zero-order chi connectivity index (χ0) is 14.1. The van der Waals surface area contributed by atoms with Crippen molar-refractivity contribution in [2.45, 2.75) is 64.8 Å². The first-order valence-corrected chi connectivity index (χ1v) is 7.47. The van der Waals surface area contributed by atoms with Gasteiger partial charge in [-0.05, 0) is 46.5 Å². The summed E-state index contributed by atoms with van der Waals surface area (Å²) in [5.74, 6) is -0.00889. The lowest BCUT2D eigenvalue weighted by atomic mass is 10.0. The summed E-state index contributed by atoms with van der Waals surface area (Å²) in [6, 6.07) is 0. The van der Waals surface area contributed by atoms with Crippen LogP contribution in [-0.2, 0) is 9.59 Å². The van der Waals surface area contributed by atoms with Crippen LogP contribution in [0.25, 0.3) is 0 Å². The maximum absolute atomic E-state index is 12.6. The van der Waals surface area contributed by atoms with E-state index < -0.39 is 5.41 Å². The fourth-order valence-electron chi connectivity index (χ4n) is 2.70. The normalized spacial score (nSPS) is 22.6. The van der Waals surface area contributed by atoms with Crippen molar-refractivity contribution in [2.75, 3.05) is 13.1 Å². The molecule has 0 atom stereocenters. The summed E-state index contributed by atoms with van der Waals surface area (Å²) in [6.07, 6.45) is 5.97. The molecule has 2 fully saturated rings. The summed E-state index contributed by atoms with van der Waals surface area (Å²) in [5.41, 5.74) is -1.01. The molecule has 108 valence electrons. The number of carbonyl (C=O) groups excluding carboxylic acids is 2. The Morgan fingerprint density at radius 3 is 1.95 bits per heavy atom. The molecular weight excluding hydrogens is 240 g/mol. The van der Waals surface area contributed by atoms with Gasteiger partial charge in [0.1, 0.15) is 5.41 Å². The summed E-state index contributed by atoms with van der Waals surface area (Å²) in [7, 11) is 0. The molecule has 1 heterocycles. The number of amides is 2. The fourth-order valence-corrected chi connectivity index (χ4v) is 2.70. The summed E-state index contributed by atoms with van der Waals surface area (Å²) in [5, 5.41) is 2.97. The van der Waals surface area contributed by atoms with E-state index in [4.69, 9.17) is 0 Å². The van der Waals surface area contributed by atoms with Gasteiger partial charge in [0.05, 0.1) is 0 Å². The number of rotatable bonds is 2. The predicted molar refractivity (Wildman–Crippen MR) is 74.6 cm³/mol. The third-order valence-electron chi connectivity index (χ3n) is 3.98. The second kappa shape index (κ2) is 5.14. The topological polar surface area (TPSA) is 49.4 Å². The molecule has 0 radical (unpaired) electrons. The van der Waals surface area contributed by atoms with Gasteiger partial charge in [0.25, 0.3) is 0 Å². The van der Waals surface area contributed by atoms with Gasteiger partial charge in [0, 0.05) is 18.6 Å². The zero-order valence-electron chi connectivity index (χ0n) is 12.4. The van der Waals surface area contributed by atoms with Crippen LogP contribution in [0.2, 0.25) is 0 Å². The lowest BCUT2D eigenvalue weighted by Gasteiger charge is -2.28. The van der Waals surface area contributed by atoms with Crippen molar-refractivity contribution in [3.05, 3.63) is 0 Å². The van der Waals surface area contributed by atoms with E-state index in [1.807, 2.05) is 25.7 Å². The van der Waals surface area contributed by atoms with Crippen LogP contribution in [0.5, 0.6) is 0 Å². The van der Waals surface area contributed by atoms with Crippen LogP contribution in [-0.4, -0.2) is 35.3 Å². The van der Waals surface area contributed by atoms with E-state index in [0.29, 0.717) is 12.8 Å². The van der Waals surface area contributed by atoms with Crippen LogP contribution < -0.4 is 5.32 Å². The van der Waals surface area contributed by atoms with Crippen molar-refractivity contribution in [1.29, 1.82) is 0 Å². The Kier molecular flexibility index (Phi) is 3.88. The van der Waals surface area contributed by atoms with Crippen LogP contribution in [0.4, 0.5) is 0 Å². The monoisotopic (exact) mass is 266 g/mol. The van der Waals surface area contributed by atoms with E-state index in [1.54, 1.807) is 0 Å². The molecule has 1 saturated carbocycles. The maximum atomic E-state index is 12.6. The minimum atomic E-state index is -0.738.